The summed E-state index contributed by atoms with van der Waals surface area (Å²) in [5.41, 5.74) is 1.32. The number of likely N-dealkylation sites (tertiary alicyclic amines) is 1. The van der Waals surface area contributed by atoms with Gasteiger partial charge in [0.2, 0.25) is 0 Å². The number of amides is 1. The van der Waals surface area contributed by atoms with Crippen LogP contribution in [0.4, 0.5) is 0 Å². The van der Waals surface area contributed by atoms with E-state index in [4.69, 9.17) is 9.47 Å². The van der Waals surface area contributed by atoms with Gasteiger partial charge in [-0.3, -0.25) is 9.59 Å². The first kappa shape index (κ1) is 19.1. The highest BCUT2D eigenvalue weighted by Gasteiger charge is 2.45. The molecule has 4 rings (SSSR count). The second kappa shape index (κ2) is 7.99. The first-order chi connectivity index (χ1) is 14.1. The summed E-state index contributed by atoms with van der Waals surface area (Å²) in [6.07, 6.45) is 1.67. The third-order valence-corrected chi connectivity index (χ3v) is 5.22. The van der Waals surface area contributed by atoms with Crippen molar-refractivity contribution in [3.05, 3.63) is 65.2 Å². The zero-order valence-corrected chi connectivity index (χ0v) is 16.3. The van der Waals surface area contributed by atoms with Gasteiger partial charge in [0.15, 0.2) is 11.5 Å². The van der Waals surface area contributed by atoms with E-state index in [0.29, 0.717) is 36.8 Å². The van der Waals surface area contributed by atoms with Gasteiger partial charge in [-0.2, -0.15) is 0 Å². The van der Waals surface area contributed by atoms with Gasteiger partial charge in [0, 0.05) is 12.1 Å². The van der Waals surface area contributed by atoms with Crippen LogP contribution in [0, 0.1) is 0 Å². The molecule has 150 valence electrons. The number of ether oxygens (including phenoxy) is 2. The summed E-state index contributed by atoms with van der Waals surface area (Å²) in [5, 5.41) is 11.1. The molecule has 0 bridgehead atoms. The van der Waals surface area contributed by atoms with Gasteiger partial charge in [-0.15, -0.1) is 0 Å². The van der Waals surface area contributed by atoms with Gasteiger partial charge >= 0.3 is 0 Å². The molecule has 1 amide bonds. The highest BCUT2D eigenvalue weighted by molar-refractivity contribution is 6.46. The highest BCUT2D eigenvalue weighted by atomic mass is 16.6. The average Bonchev–Trinajstić information content (AvgIpc) is 3.02. The number of ketones is 1. The van der Waals surface area contributed by atoms with Crippen LogP contribution in [0.3, 0.4) is 0 Å². The summed E-state index contributed by atoms with van der Waals surface area (Å²) >= 11 is 0. The molecule has 2 aromatic rings. The van der Waals surface area contributed by atoms with Crippen molar-refractivity contribution in [3.63, 3.8) is 0 Å². The fraction of sp³-hybridized carbons (Fsp3) is 0.304. The van der Waals surface area contributed by atoms with E-state index in [1.807, 2.05) is 37.3 Å². The van der Waals surface area contributed by atoms with Crippen LogP contribution in [-0.4, -0.2) is 41.5 Å². The number of Topliss-reactive ketones (excluding diaryl/α,β-unsaturated/α-hetero) is 1. The standard InChI is InChI=1S/C23H23NO5/c1-2-3-11-24-20(15-7-5-4-6-8-15)19(22(26)23(24)27)21(25)16-9-10-17-18(14-16)29-13-12-28-17/h4-10,14,20,25H,2-3,11-13H2,1H3/b21-19-. The Balaban J connectivity index is 1.82. The Bertz CT molecular complexity index is 966. The van der Waals surface area contributed by atoms with Crippen molar-refractivity contribution in [2.45, 2.75) is 25.8 Å². The number of carbonyl (C=O) groups is 2. The largest absolute Gasteiger partial charge is 0.507 e. The number of benzene rings is 2. The third kappa shape index (κ3) is 3.46. The minimum absolute atomic E-state index is 0.106. The highest BCUT2D eigenvalue weighted by Crippen LogP contribution is 2.41. The maximum atomic E-state index is 12.9. The van der Waals surface area contributed by atoms with E-state index in [1.54, 1.807) is 23.1 Å². The van der Waals surface area contributed by atoms with Crippen molar-refractivity contribution >= 4 is 17.4 Å². The molecule has 1 fully saturated rings. The minimum atomic E-state index is -0.664. The smallest absolute Gasteiger partial charge is 0.295 e. The molecule has 2 heterocycles. The van der Waals surface area contributed by atoms with Crippen LogP contribution in [0.2, 0.25) is 0 Å². The van der Waals surface area contributed by atoms with Gasteiger partial charge in [-0.25, -0.2) is 0 Å². The number of hydrogen-bond donors (Lipinski definition) is 1. The van der Waals surface area contributed by atoms with Crippen molar-refractivity contribution in [1.29, 1.82) is 0 Å². The number of aliphatic hydroxyl groups excluding tert-OH is 1. The molecule has 1 saturated heterocycles. The van der Waals surface area contributed by atoms with Crippen LogP contribution in [-0.2, 0) is 9.59 Å². The van der Waals surface area contributed by atoms with Crippen LogP contribution in [0.5, 0.6) is 11.5 Å². The van der Waals surface area contributed by atoms with E-state index in [0.717, 1.165) is 18.4 Å². The summed E-state index contributed by atoms with van der Waals surface area (Å²) < 4.78 is 11.1. The van der Waals surface area contributed by atoms with Gasteiger partial charge < -0.3 is 19.5 Å². The van der Waals surface area contributed by atoms with Crippen molar-refractivity contribution in [3.8, 4) is 11.5 Å². The van der Waals surface area contributed by atoms with Crippen LogP contribution < -0.4 is 9.47 Å². The summed E-state index contributed by atoms with van der Waals surface area (Å²) in [4.78, 5) is 27.2. The zero-order chi connectivity index (χ0) is 20.4. The molecule has 0 spiro atoms. The molecule has 0 saturated carbocycles. The summed E-state index contributed by atoms with van der Waals surface area (Å²) in [5.74, 6) is -0.338. The maximum absolute atomic E-state index is 12.9. The monoisotopic (exact) mass is 393 g/mol. The Morgan fingerprint density at radius 3 is 2.52 bits per heavy atom. The topological polar surface area (TPSA) is 76.1 Å². The fourth-order valence-corrected chi connectivity index (χ4v) is 3.77. The van der Waals surface area contributed by atoms with Crippen molar-refractivity contribution in [2.24, 2.45) is 0 Å². The van der Waals surface area contributed by atoms with Crippen LogP contribution in [0.25, 0.3) is 5.76 Å². The Morgan fingerprint density at radius 2 is 1.79 bits per heavy atom. The zero-order valence-electron chi connectivity index (χ0n) is 16.3. The molecule has 1 unspecified atom stereocenters. The van der Waals surface area contributed by atoms with Crippen molar-refractivity contribution in [1.82, 2.24) is 4.90 Å². The molecule has 0 aromatic heterocycles. The second-order valence-corrected chi connectivity index (χ2v) is 7.12. The first-order valence-corrected chi connectivity index (χ1v) is 9.85. The van der Waals surface area contributed by atoms with E-state index in [1.165, 1.54) is 0 Å². The molecule has 2 aromatic carbocycles. The van der Waals surface area contributed by atoms with Crippen LogP contribution in [0.1, 0.15) is 36.9 Å². The number of carbonyl (C=O) groups excluding carboxylic acids is 2. The molecule has 1 N–H and O–H groups in total. The molecule has 6 heteroatoms. The molecular formula is C23H23NO5. The number of rotatable bonds is 5. The molecule has 0 aliphatic carbocycles. The Kier molecular flexibility index (Phi) is 5.25. The SMILES string of the molecule is CCCCN1C(=O)C(=O)/C(=C(\O)c2ccc3c(c2)OCCO3)C1c1ccccc1. The number of fused-ring (bicyclic) bond motifs is 1. The lowest BCUT2D eigenvalue weighted by molar-refractivity contribution is -0.139. The van der Waals surface area contributed by atoms with Crippen molar-refractivity contribution in [2.75, 3.05) is 19.8 Å². The lowest BCUT2D eigenvalue weighted by atomic mass is 9.95. The Hall–Kier alpha value is -3.28. The maximum Gasteiger partial charge on any atom is 0.295 e. The number of aliphatic hydroxyl groups is 1. The van der Waals surface area contributed by atoms with Crippen molar-refractivity contribution < 1.29 is 24.2 Å². The van der Waals surface area contributed by atoms with E-state index in [-0.39, 0.29) is 11.3 Å². The molecule has 0 radical (unpaired) electrons. The van der Waals surface area contributed by atoms with E-state index in [9.17, 15) is 14.7 Å². The molecular weight excluding hydrogens is 370 g/mol. The van der Waals surface area contributed by atoms with Gasteiger partial charge in [0.1, 0.15) is 19.0 Å². The normalized spacial score (nSPS) is 20.2. The molecule has 1 atom stereocenters. The fourth-order valence-electron chi connectivity index (χ4n) is 3.77. The Morgan fingerprint density at radius 1 is 1.07 bits per heavy atom. The summed E-state index contributed by atoms with van der Waals surface area (Å²) in [7, 11) is 0. The van der Waals surface area contributed by atoms with Crippen LogP contribution in [0.15, 0.2) is 54.1 Å². The Labute approximate surface area is 169 Å². The van der Waals surface area contributed by atoms with E-state index >= 15 is 0 Å². The molecule has 2 aliphatic rings. The molecule has 29 heavy (non-hydrogen) atoms. The number of unbranched alkanes of at least 4 members (excludes halogenated alkanes) is 1. The number of nitrogens with zero attached hydrogens (tertiary/aromatic N) is 1. The van der Waals surface area contributed by atoms with Gasteiger partial charge in [0.25, 0.3) is 11.7 Å². The molecule has 6 nitrogen and oxygen atoms in total. The quantitative estimate of drug-likeness (QED) is 0.476. The van der Waals surface area contributed by atoms with Gasteiger partial charge in [0.05, 0.1) is 11.6 Å². The summed E-state index contributed by atoms with van der Waals surface area (Å²) in [6.45, 7) is 3.37. The third-order valence-electron chi connectivity index (χ3n) is 5.22. The van der Waals surface area contributed by atoms with E-state index in [2.05, 4.69) is 0 Å². The minimum Gasteiger partial charge on any atom is -0.507 e. The number of hydrogen-bond acceptors (Lipinski definition) is 5. The predicted molar refractivity (Wildman–Crippen MR) is 108 cm³/mol. The van der Waals surface area contributed by atoms with Gasteiger partial charge in [-0.1, -0.05) is 43.7 Å². The van der Waals surface area contributed by atoms with Gasteiger partial charge in [-0.05, 0) is 30.2 Å². The average molecular weight is 393 g/mol. The predicted octanol–water partition coefficient (Wildman–Crippen LogP) is 3.68. The lowest BCUT2D eigenvalue weighted by Gasteiger charge is -2.25. The molecule has 2 aliphatic heterocycles. The second-order valence-electron chi connectivity index (χ2n) is 7.12. The first-order valence-electron chi connectivity index (χ1n) is 9.85. The summed E-state index contributed by atoms with van der Waals surface area (Å²) in [6, 6.07) is 13.7. The van der Waals surface area contributed by atoms with Crippen LogP contribution >= 0.6 is 0 Å². The lowest BCUT2D eigenvalue weighted by Crippen LogP contribution is -2.30. The van der Waals surface area contributed by atoms with E-state index < -0.39 is 17.7 Å².